The number of terminal acetylenes is 1. The molecule has 0 aliphatic heterocycles. The Morgan fingerprint density at radius 3 is 2.00 bits per heavy atom. The van der Waals surface area contributed by atoms with E-state index in [1.807, 2.05) is 0 Å². The molecule has 0 rings (SSSR count). The third kappa shape index (κ3) is 13.0. The van der Waals surface area contributed by atoms with Crippen molar-refractivity contribution in [2.75, 3.05) is 6.61 Å². The first-order valence-electron chi connectivity index (χ1n) is 5.90. The molecule has 0 heterocycles. The van der Waals surface area contributed by atoms with E-state index in [9.17, 15) is 4.79 Å². The highest BCUT2D eigenvalue weighted by Crippen LogP contribution is 2.09. The molecule has 2 heteroatoms. The molecule has 15 heavy (non-hydrogen) atoms. The summed E-state index contributed by atoms with van der Waals surface area (Å²) in [4.78, 5) is 9.83. The fraction of sp³-hybridized carbons (Fsp3) is 0.769. The molecule has 0 aliphatic rings. The molecular weight excluding hydrogens is 188 g/mol. The van der Waals surface area contributed by atoms with Crippen LogP contribution in [-0.4, -0.2) is 13.1 Å². The van der Waals surface area contributed by atoms with Gasteiger partial charge in [-0.2, -0.15) is 0 Å². The van der Waals surface area contributed by atoms with Gasteiger partial charge in [-0.3, -0.25) is 4.79 Å². The van der Waals surface area contributed by atoms with Crippen molar-refractivity contribution in [3.05, 3.63) is 0 Å². The van der Waals surface area contributed by atoms with Crippen molar-refractivity contribution < 1.29 is 9.53 Å². The minimum absolute atomic E-state index is 0.519. The maximum Gasteiger partial charge on any atom is 0.293 e. The molecular formula is C13H22O2. The average Bonchev–Trinajstić information content (AvgIpc) is 2.26. The number of unbranched alkanes of at least 4 members (excludes halogenated alkanes) is 8. The first-order valence-corrected chi connectivity index (χ1v) is 5.90. The summed E-state index contributed by atoms with van der Waals surface area (Å²) < 4.78 is 4.61. The van der Waals surface area contributed by atoms with E-state index in [4.69, 9.17) is 6.42 Å². The van der Waals surface area contributed by atoms with Crippen LogP contribution in [0.1, 0.15) is 57.8 Å². The van der Waals surface area contributed by atoms with Crippen LogP contribution in [0.2, 0.25) is 0 Å². The third-order valence-corrected chi connectivity index (χ3v) is 2.40. The predicted molar refractivity (Wildman–Crippen MR) is 62.4 cm³/mol. The topological polar surface area (TPSA) is 26.3 Å². The van der Waals surface area contributed by atoms with Crippen LogP contribution in [0.5, 0.6) is 0 Å². The Hall–Kier alpha value is -0.970. The van der Waals surface area contributed by atoms with Gasteiger partial charge in [-0.25, -0.2) is 0 Å². The molecule has 86 valence electrons. The summed E-state index contributed by atoms with van der Waals surface area (Å²) in [5.74, 6) is 2.66. The molecule has 0 aliphatic carbocycles. The molecule has 0 fully saturated rings. The minimum atomic E-state index is 0.519. The highest BCUT2D eigenvalue weighted by Gasteiger charge is 1.92. The summed E-state index contributed by atoms with van der Waals surface area (Å²) in [6.07, 6.45) is 15.8. The maximum absolute atomic E-state index is 9.83. The Balaban J connectivity index is 2.87. The lowest BCUT2D eigenvalue weighted by molar-refractivity contribution is -0.128. The number of carbonyl (C=O) groups excluding carboxylic acids is 1. The van der Waals surface area contributed by atoms with Gasteiger partial charge in [-0.1, -0.05) is 38.5 Å². The molecule has 0 atom stereocenters. The van der Waals surface area contributed by atoms with E-state index in [0.29, 0.717) is 13.1 Å². The summed E-state index contributed by atoms with van der Waals surface area (Å²) in [5.41, 5.74) is 0. The summed E-state index contributed by atoms with van der Waals surface area (Å²) in [6, 6.07) is 0. The fourth-order valence-electron chi connectivity index (χ4n) is 1.52. The maximum atomic E-state index is 9.83. The van der Waals surface area contributed by atoms with Gasteiger partial charge in [0.25, 0.3) is 6.47 Å². The molecule has 0 aromatic carbocycles. The number of ether oxygens (including phenoxy) is 1. The molecule has 0 amide bonds. The number of hydrogen-bond acceptors (Lipinski definition) is 2. The first-order chi connectivity index (χ1) is 7.41. The zero-order valence-electron chi connectivity index (χ0n) is 9.54. The number of rotatable bonds is 11. The molecule has 0 unspecified atom stereocenters. The molecule has 0 bridgehead atoms. The lowest BCUT2D eigenvalue weighted by Crippen LogP contribution is -1.91. The van der Waals surface area contributed by atoms with Gasteiger partial charge in [0.15, 0.2) is 0 Å². The van der Waals surface area contributed by atoms with Gasteiger partial charge in [-0.15, -0.1) is 12.3 Å². The van der Waals surface area contributed by atoms with Gasteiger partial charge in [0, 0.05) is 6.42 Å². The molecule has 0 saturated heterocycles. The first kappa shape index (κ1) is 14.0. The molecule has 0 N–H and O–H groups in total. The SMILES string of the molecule is C#CCCCCCCCCCCOC=O. The van der Waals surface area contributed by atoms with E-state index >= 15 is 0 Å². The van der Waals surface area contributed by atoms with Gasteiger partial charge >= 0.3 is 0 Å². The Bertz CT molecular complexity index is 170. The van der Waals surface area contributed by atoms with Crippen molar-refractivity contribution in [3.8, 4) is 12.3 Å². The van der Waals surface area contributed by atoms with Crippen molar-refractivity contribution in [2.45, 2.75) is 57.8 Å². The lowest BCUT2D eigenvalue weighted by Gasteiger charge is -2.01. The van der Waals surface area contributed by atoms with Crippen LogP contribution in [0.25, 0.3) is 0 Å². The minimum Gasteiger partial charge on any atom is -0.468 e. The Labute approximate surface area is 93.4 Å². The molecule has 0 aromatic rings. The molecule has 0 saturated carbocycles. The van der Waals surface area contributed by atoms with Crippen molar-refractivity contribution in [1.29, 1.82) is 0 Å². The number of hydrogen-bond donors (Lipinski definition) is 0. The van der Waals surface area contributed by atoms with Gasteiger partial charge in [-0.05, 0) is 12.8 Å². The van der Waals surface area contributed by atoms with E-state index in [1.54, 1.807) is 0 Å². The molecule has 0 radical (unpaired) electrons. The summed E-state index contributed by atoms with van der Waals surface area (Å²) in [5, 5.41) is 0. The molecule has 2 nitrogen and oxygen atoms in total. The summed E-state index contributed by atoms with van der Waals surface area (Å²) >= 11 is 0. The highest BCUT2D eigenvalue weighted by molar-refractivity contribution is 5.36. The smallest absolute Gasteiger partial charge is 0.293 e. The molecule has 0 spiro atoms. The van der Waals surface area contributed by atoms with Gasteiger partial charge in [0.05, 0.1) is 6.61 Å². The van der Waals surface area contributed by atoms with E-state index in [-0.39, 0.29) is 0 Å². The van der Waals surface area contributed by atoms with Crippen LogP contribution in [-0.2, 0) is 9.53 Å². The van der Waals surface area contributed by atoms with E-state index < -0.39 is 0 Å². The van der Waals surface area contributed by atoms with Crippen molar-refractivity contribution in [3.63, 3.8) is 0 Å². The van der Waals surface area contributed by atoms with Crippen molar-refractivity contribution >= 4 is 6.47 Å². The van der Waals surface area contributed by atoms with Crippen LogP contribution < -0.4 is 0 Å². The van der Waals surface area contributed by atoms with Crippen LogP contribution in [0.3, 0.4) is 0 Å². The van der Waals surface area contributed by atoms with E-state index in [2.05, 4.69) is 10.7 Å². The second-order valence-corrected chi connectivity index (χ2v) is 3.75. The summed E-state index contributed by atoms with van der Waals surface area (Å²) in [7, 11) is 0. The normalized spacial score (nSPS) is 9.53. The second kappa shape index (κ2) is 13.0. The van der Waals surface area contributed by atoms with Crippen LogP contribution >= 0.6 is 0 Å². The van der Waals surface area contributed by atoms with E-state index in [1.165, 1.54) is 38.5 Å². The van der Waals surface area contributed by atoms with Crippen LogP contribution in [0, 0.1) is 12.3 Å². The predicted octanol–water partition coefficient (Wildman–Crippen LogP) is 3.30. The zero-order valence-corrected chi connectivity index (χ0v) is 9.54. The van der Waals surface area contributed by atoms with Crippen LogP contribution in [0.4, 0.5) is 0 Å². The van der Waals surface area contributed by atoms with Crippen molar-refractivity contribution in [2.24, 2.45) is 0 Å². The third-order valence-electron chi connectivity index (χ3n) is 2.40. The zero-order chi connectivity index (χ0) is 11.2. The average molecular weight is 210 g/mol. The second-order valence-electron chi connectivity index (χ2n) is 3.75. The lowest BCUT2D eigenvalue weighted by atomic mass is 10.1. The number of carbonyl (C=O) groups is 1. The van der Waals surface area contributed by atoms with E-state index in [0.717, 1.165) is 19.3 Å². The monoisotopic (exact) mass is 210 g/mol. The fourth-order valence-corrected chi connectivity index (χ4v) is 1.52. The highest BCUT2D eigenvalue weighted by atomic mass is 16.5. The Kier molecular flexibility index (Phi) is 12.2. The summed E-state index contributed by atoms with van der Waals surface area (Å²) in [6.45, 7) is 1.09. The van der Waals surface area contributed by atoms with Crippen LogP contribution in [0.15, 0.2) is 0 Å². The molecule has 0 aromatic heterocycles. The van der Waals surface area contributed by atoms with Crippen molar-refractivity contribution in [1.82, 2.24) is 0 Å². The quantitative estimate of drug-likeness (QED) is 0.297. The standard InChI is InChI=1S/C13H22O2/c1-2-3-4-5-6-7-8-9-10-11-12-15-13-14/h1,13H,3-12H2. The van der Waals surface area contributed by atoms with Gasteiger partial charge in [0.1, 0.15) is 0 Å². The van der Waals surface area contributed by atoms with Gasteiger partial charge in [0.2, 0.25) is 0 Å². The Morgan fingerprint density at radius 2 is 1.47 bits per heavy atom. The largest absolute Gasteiger partial charge is 0.468 e. The van der Waals surface area contributed by atoms with Gasteiger partial charge < -0.3 is 4.74 Å². The Morgan fingerprint density at radius 1 is 0.933 bits per heavy atom.